The first-order valence-corrected chi connectivity index (χ1v) is 10.1. The number of nitrogens with one attached hydrogen (secondary N) is 2. The van der Waals surface area contributed by atoms with Crippen molar-refractivity contribution in [3.05, 3.63) is 52.0 Å². The van der Waals surface area contributed by atoms with E-state index in [9.17, 15) is 14.4 Å². The number of likely N-dealkylation sites (N-methyl/N-ethyl adjacent to an activating group) is 1. The van der Waals surface area contributed by atoms with Gasteiger partial charge >= 0.3 is 12.1 Å². The number of esters is 1. The molecule has 0 spiro atoms. The lowest BCUT2D eigenvalue weighted by molar-refractivity contribution is -0.151. The Bertz CT molecular complexity index is 1040. The number of carbonyl (C=O) groups is 3. The van der Waals surface area contributed by atoms with Gasteiger partial charge in [-0.2, -0.15) is 0 Å². The molecule has 3 rings (SSSR count). The van der Waals surface area contributed by atoms with E-state index in [1.807, 2.05) is 0 Å². The number of anilines is 2. The average molecular weight is 492 g/mol. The molecule has 31 heavy (non-hydrogen) atoms. The molecule has 164 valence electrons. The van der Waals surface area contributed by atoms with Crippen molar-refractivity contribution in [1.29, 1.82) is 0 Å². The molecule has 9 nitrogen and oxygen atoms in total. The molecule has 0 aliphatic carbocycles. The van der Waals surface area contributed by atoms with Crippen molar-refractivity contribution in [3.8, 4) is 5.75 Å². The molecule has 1 atom stereocenters. The number of hydrogen-bond acceptors (Lipinski definition) is 7. The Kier molecular flexibility index (Phi) is 6.40. The zero-order valence-electron chi connectivity index (χ0n) is 17.4. The van der Waals surface area contributed by atoms with Gasteiger partial charge in [-0.05, 0) is 36.8 Å². The highest BCUT2D eigenvalue weighted by Crippen LogP contribution is 2.48. The second-order valence-electron chi connectivity index (χ2n) is 6.65. The number of halogens is 1. The van der Waals surface area contributed by atoms with Crippen LogP contribution in [-0.2, 0) is 24.5 Å². The van der Waals surface area contributed by atoms with Crippen LogP contribution in [0.15, 0.2) is 40.9 Å². The molecule has 2 aromatic rings. The number of hydrazine groups is 1. The number of hydrogen-bond donors (Lipinski definition) is 2. The van der Waals surface area contributed by atoms with Crippen molar-refractivity contribution in [3.63, 3.8) is 0 Å². The monoisotopic (exact) mass is 491 g/mol. The highest BCUT2D eigenvalue weighted by molar-refractivity contribution is 9.10. The molecule has 1 heterocycles. The first-order valence-electron chi connectivity index (χ1n) is 9.35. The van der Waals surface area contributed by atoms with Crippen molar-refractivity contribution >= 4 is 45.3 Å². The standard InChI is InChI=1S/C21H22BrN3O6/c1-5-31-19(27)21(14-8-7-13(22)11-16(14)25(2)18(21)26)12-6-9-15(17(10-12)29-3)23-24-20(28)30-4/h6-11,23H,5H2,1-4H3,(H,24,28)/t21-/m1/s1. The van der Waals surface area contributed by atoms with E-state index in [4.69, 9.17) is 9.47 Å². The summed E-state index contributed by atoms with van der Waals surface area (Å²) in [5.74, 6) is -0.809. The van der Waals surface area contributed by atoms with Crippen LogP contribution < -0.4 is 20.5 Å². The Morgan fingerprint density at radius 3 is 2.55 bits per heavy atom. The molecular weight excluding hydrogens is 470 g/mol. The zero-order valence-corrected chi connectivity index (χ0v) is 19.0. The lowest BCUT2D eigenvalue weighted by Gasteiger charge is -2.27. The van der Waals surface area contributed by atoms with Crippen molar-refractivity contribution in [2.75, 3.05) is 38.2 Å². The van der Waals surface area contributed by atoms with Gasteiger partial charge in [-0.1, -0.05) is 28.1 Å². The van der Waals surface area contributed by atoms with Crippen LogP contribution in [0.4, 0.5) is 16.2 Å². The summed E-state index contributed by atoms with van der Waals surface area (Å²) in [6.07, 6.45) is -0.693. The molecular formula is C21H22BrN3O6. The third kappa shape index (κ3) is 3.67. The van der Waals surface area contributed by atoms with Gasteiger partial charge in [0.15, 0.2) is 5.41 Å². The fraction of sp³-hybridized carbons (Fsp3) is 0.286. The minimum Gasteiger partial charge on any atom is -0.495 e. The van der Waals surface area contributed by atoms with Crippen molar-refractivity contribution in [1.82, 2.24) is 5.43 Å². The molecule has 10 heteroatoms. The minimum atomic E-state index is -1.69. The molecule has 2 aromatic carbocycles. The van der Waals surface area contributed by atoms with Crippen LogP contribution in [0, 0.1) is 0 Å². The lowest BCUT2D eigenvalue weighted by atomic mass is 9.75. The smallest absolute Gasteiger partial charge is 0.425 e. The molecule has 0 bridgehead atoms. The SMILES string of the molecule is CCOC(=O)[C@@]1(c2ccc(NNC(=O)OC)c(OC)c2)C(=O)N(C)c2cc(Br)ccc21. The topological polar surface area (TPSA) is 106 Å². The summed E-state index contributed by atoms with van der Waals surface area (Å²) in [5.41, 5.74) is 5.22. The molecule has 0 unspecified atom stereocenters. The zero-order chi connectivity index (χ0) is 22.8. The largest absolute Gasteiger partial charge is 0.495 e. The van der Waals surface area contributed by atoms with Crippen LogP contribution in [0.25, 0.3) is 0 Å². The summed E-state index contributed by atoms with van der Waals surface area (Å²) in [4.78, 5) is 39.6. The summed E-state index contributed by atoms with van der Waals surface area (Å²) in [7, 11) is 4.29. The van der Waals surface area contributed by atoms with Gasteiger partial charge in [-0.25, -0.2) is 10.2 Å². The number of carbonyl (C=O) groups excluding carboxylic acids is 3. The Morgan fingerprint density at radius 1 is 1.16 bits per heavy atom. The van der Waals surface area contributed by atoms with Crippen molar-refractivity contribution < 1.29 is 28.6 Å². The number of benzene rings is 2. The van der Waals surface area contributed by atoms with Crippen LogP contribution in [0.5, 0.6) is 5.75 Å². The maximum absolute atomic E-state index is 13.5. The Balaban J connectivity index is 2.19. The number of rotatable bonds is 6. The van der Waals surface area contributed by atoms with Crippen LogP contribution in [0.1, 0.15) is 18.1 Å². The highest BCUT2D eigenvalue weighted by Gasteiger charge is 2.58. The van der Waals surface area contributed by atoms with Crippen LogP contribution in [0.2, 0.25) is 0 Å². The maximum atomic E-state index is 13.5. The number of ether oxygens (including phenoxy) is 3. The van der Waals surface area contributed by atoms with E-state index in [1.54, 1.807) is 50.4 Å². The third-order valence-corrected chi connectivity index (χ3v) is 5.54. The molecule has 0 saturated heterocycles. The molecule has 1 aliphatic heterocycles. The van der Waals surface area contributed by atoms with E-state index in [-0.39, 0.29) is 6.61 Å². The van der Waals surface area contributed by atoms with E-state index in [2.05, 4.69) is 31.5 Å². The molecule has 0 radical (unpaired) electrons. The Morgan fingerprint density at radius 2 is 1.90 bits per heavy atom. The van der Waals surface area contributed by atoms with E-state index >= 15 is 0 Å². The average Bonchev–Trinajstić information content (AvgIpc) is 2.99. The van der Waals surface area contributed by atoms with E-state index < -0.39 is 23.4 Å². The lowest BCUT2D eigenvalue weighted by Crippen LogP contribution is -2.47. The van der Waals surface area contributed by atoms with Gasteiger partial charge < -0.3 is 19.1 Å². The molecule has 0 fully saturated rings. The molecule has 2 N–H and O–H groups in total. The van der Waals surface area contributed by atoms with Gasteiger partial charge in [-0.15, -0.1) is 0 Å². The van der Waals surface area contributed by atoms with Crippen LogP contribution >= 0.6 is 15.9 Å². The van der Waals surface area contributed by atoms with Gasteiger partial charge in [-0.3, -0.25) is 15.0 Å². The summed E-state index contributed by atoms with van der Waals surface area (Å²) >= 11 is 3.41. The molecule has 0 saturated carbocycles. The molecule has 0 aromatic heterocycles. The number of methoxy groups -OCH3 is 2. The first kappa shape index (κ1) is 22.4. The Hall–Kier alpha value is -3.27. The maximum Gasteiger partial charge on any atom is 0.425 e. The van der Waals surface area contributed by atoms with Gasteiger partial charge in [0.1, 0.15) is 5.75 Å². The summed E-state index contributed by atoms with van der Waals surface area (Å²) in [5, 5.41) is 0. The fourth-order valence-corrected chi connectivity index (χ4v) is 3.96. The van der Waals surface area contributed by atoms with Crippen molar-refractivity contribution in [2.24, 2.45) is 0 Å². The third-order valence-electron chi connectivity index (χ3n) is 5.05. The fourth-order valence-electron chi connectivity index (χ4n) is 3.61. The number of nitrogens with zero attached hydrogens (tertiary/aromatic N) is 1. The number of amides is 2. The quantitative estimate of drug-likeness (QED) is 0.363. The summed E-state index contributed by atoms with van der Waals surface area (Å²) in [6.45, 7) is 1.80. The first-order chi connectivity index (χ1) is 14.8. The number of fused-ring (bicyclic) bond motifs is 1. The minimum absolute atomic E-state index is 0.114. The van der Waals surface area contributed by atoms with E-state index in [0.717, 1.165) is 4.47 Å². The van der Waals surface area contributed by atoms with Gasteiger partial charge in [0, 0.05) is 22.8 Å². The van der Waals surface area contributed by atoms with Gasteiger partial charge in [0.05, 0.1) is 26.5 Å². The molecule has 1 aliphatic rings. The van der Waals surface area contributed by atoms with Crippen molar-refractivity contribution in [2.45, 2.75) is 12.3 Å². The van der Waals surface area contributed by atoms with E-state index in [1.165, 1.54) is 19.1 Å². The summed E-state index contributed by atoms with van der Waals surface area (Å²) in [6, 6.07) is 10.1. The van der Waals surface area contributed by atoms with Gasteiger partial charge in [0.25, 0.3) is 5.91 Å². The van der Waals surface area contributed by atoms with Gasteiger partial charge in [0.2, 0.25) is 0 Å². The van der Waals surface area contributed by atoms with E-state index in [0.29, 0.717) is 28.3 Å². The highest BCUT2D eigenvalue weighted by atomic mass is 79.9. The normalized spacial score (nSPS) is 17.1. The van der Waals surface area contributed by atoms with Crippen LogP contribution in [0.3, 0.4) is 0 Å². The molecule has 2 amide bonds. The second-order valence-corrected chi connectivity index (χ2v) is 7.57. The predicted octanol–water partition coefficient (Wildman–Crippen LogP) is 2.97. The summed E-state index contributed by atoms with van der Waals surface area (Å²) < 4.78 is 16.1. The Labute approximate surface area is 187 Å². The predicted molar refractivity (Wildman–Crippen MR) is 117 cm³/mol. The van der Waals surface area contributed by atoms with Crippen LogP contribution in [-0.4, -0.2) is 45.8 Å². The second kappa shape index (κ2) is 8.84.